The third-order valence-corrected chi connectivity index (χ3v) is 4.18. The van der Waals surface area contributed by atoms with Crippen LogP contribution in [0.25, 0.3) is 5.65 Å². The monoisotopic (exact) mass is 418 g/mol. The largest absolute Gasteiger partial charge is 0.491 e. The Labute approximate surface area is 165 Å². The number of aromatic hydroxyl groups is 2. The predicted molar refractivity (Wildman–Crippen MR) is 94.0 cm³/mol. The third-order valence-electron chi connectivity index (χ3n) is 3.60. The molecule has 0 aliphatic rings. The highest BCUT2D eigenvalue weighted by Gasteiger charge is 2.20. The number of aryl methyl sites for hydroxylation is 1. The first-order chi connectivity index (χ1) is 13.9. The van der Waals surface area contributed by atoms with Crippen LogP contribution in [0.4, 0.5) is 11.4 Å². The van der Waals surface area contributed by atoms with E-state index in [0.717, 1.165) is 4.52 Å². The molecule has 0 saturated heterocycles. The summed E-state index contributed by atoms with van der Waals surface area (Å²) < 4.78 is 5.14. The van der Waals surface area contributed by atoms with Crippen LogP contribution in [0.2, 0.25) is 0 Å². The molecule has 2 heterocycles. The van der Waals surface area contributed by atoms with E-state index in [9.17, 15) is 20.1 Å². The quantitative estimate of drug-likeness (QED) is 0.199. The standard InChI is InChI=1S/C15H10N6O7S/c1-6-9(5-16)12-17-13(22)11(14(23)21(12)20-6)19-18-10-3-2-7(29-28-27-26)4-8(10)15(24)25/h2-4,23,26H,1H3,(H,17,22)(H,24,25)/b19-18+. The number of rotatable bonds is 6. The van der Waals surface area contributed by atoms with Gasteiger partial charge >= 0.3 is 5.97 Å². The van der Waals surface area contributed by atoms with Crippen LogP contribution in [0.5, 0.6) is 11.8 Å². The molecular weight excluding hydrogens is 408 g/mol. The lowest BCUT2D eigenvalue weighted by molar-refractivity contribution is -0.432. The van der Waals surface area contributed by atoms with Crippen LogP contribution in [0.1, 0.15) is 21.6 Å². The molecule has 3 aromatic rings. The number of fused-ring (bicyclic) bond motifs is 1. The summed E-state index contributed by atoms with van der Waals surface area (Å²) in [6.45, 7) is 1.52. The summed E-state index contributed by atoms with van der Waals surface area (Å²) in [5.74, 6) is -2.71. The fourth-order valence-corrected chi connectivity index (χ4v) is 2.72. The topological polar surface area (TPSA) is 195 Å². The van der Waals surface area contributed by atoms with Gasteiger partial charge in [-0.3, -0.25) is 0 Å². The van der Waals surface area contributed by atoms with Crippen molar-refractivity contribution in [3.05, 3.63) is 35.0 Å². The van der Waals surface area contributed by atoms with E-state index >= 15 is 0 Å². The Kier molecular flexibility index (Phi) is 5.57. The molecule has 0 unspecified atom stereocenters. The van der Waals surface area contributed by atoms with Gasteiger partial charge in [0.15, 0.2) is 5.65 Å². The fourth-order valence-electron chi connectivity index (χ4n) is 2.32. The van der Waals surface area contributed by atoms with Gasteiger partial charge in [0.1, 0.15) is 17.3 Å². The van der Waals surface area contributed by atoms with Gasteiger partial charge < -0.3 is 15.3 Å². The maximum absolute atomic E-state index is 11.5. The molecule has 0 spiro atoms. The number of carboxylic acids is 1. The van der Waals surface area contributed by atoms with Crippen molar-refractivity contribution in [1.29, 1.82) is 5.26 Å². The second kappa shape index (κ2) is 8.08. The van der Waals surface area contributed by atoms with Gasteiger partial charge in [-0.15, -0.1) is 14.6 Å². The summed E-state index contributed by atoms with van der Waals surface area (Å²) in [5, 5.41) is 61.8. The molecule has 29 heavy (non-hydrogen) atoms. The number of carboxylic acid groups (broad SMARTS) is 1. The van der Waals surface area contributed by atoms with Crippen LogP contribution in [0, 0.1) is 18.3 Å². The SMILES string of the molecule is Cc1nn2c(O)c(/N=N/c3ccc(SOOO)cc3C(=O)O)c(O)nc2c1C#N. The minimum atomic E-state index is -1.34. The summed E-state index contributed by atoms with van der Waals surface area (Å²) in [7, 11) is 0. The molecule has 0 amide bonds. The molecule has 0 radical (unpaired) electrons. The van der Waals surface area contributed by atoms with Crippen LogP contribution in [-0.2, 0) is 9.37 Å². The number of aromatic nitrogens is 3. The molecule has 14 heteroatoms. The molecule has 0 aliphatic carbocycles. The Hall–Kier alpha value is -3.77. The average molecular weight is 418 g/mol. The van der Waals surface area contributed by atoms with Gasteiger partial charge in [-0.2, -0.15) is 19.9 Å². The summed E-state index contributed by atoms with van der Waals surface area (Å²) >= 11 is 0.551. The van der Waals surface area contributed by atoms with E-state index in [-0.39, 0.29) is 33.1 Å². The van der Waals surface area contributed by atoms with Gasteiger partial charge in [0.25, 0.3) is 0 Å². The lowest BCUT2D eigenvalue weighted by Crippen LogP contribution is -1.97. The number of hydrogen-bond donors (Lipinski definition) is 4. The smallest absolute Gasteiger partial charge is 0.338 e. The van der Waals surface area contributed by atoms with Crippen molar-refractivity contribution >= 4 is 35.0 Å². The van der Waals surface area contributed by atoms with E-state index in [0.29, 0.717) is 12.0 Å². The van der Waals surface area contributed by atoms with Crippen molar-refractivity contribution in [2.24, 2.45) is 10.2 Å². The zero-order chi connectivity index (χ0) is 21.1. The van der Waals surface area contributed by atoms with Crippen molar-refractivity contribution in [3.8, 4) is 17.8 Å². The lowest BCUT2D eigenvalue weighted by atomic mass is 10.2. The normalized spacial score (nSPS) is 11.2. The van der Waals surface area contributed by atoms with Crippen molar-refractivity contribution in [2.75, 3.05) is 0 Å². The number of nitriles is 1. The number of hydrogen-bond acceptors (Lipinski definition) is 12. The van der Waals surface area contributed by atoms with Crippen LogP contribution in [-0.4, -0.2) is 41.1 Å². The van der Waals surface area contributed by atoms with Gasteiger partial charge in [-0.25, -0.2) is 10.1 Å². The van der Waals surface area contributed by atoms with Crippen molar-refractivity contribution in [1.82, 2.24) is 14.6 Å². The molecule has 4 N–H and O–H groups in total. The molecule has 0 atom stereocenters. The Bertz CT molecular complexity index is 1190. The zero-order valence-corrected chi connectivity index (χ0v) is 15.2. The number of azo groups is 1. The Morgan fingerprint density at radius 3 is 2.76 bits per heavy atom. The van der Waals surface area contributed by atoms with Crippen molar-refractivity contribution in [2.45, 2.75) is 11.8 Å². The van der Waals surface area contributed by atoms with E-state index in [2.05, 4.69) is 29.7 Å². The van der Waals surface area contributed by atoms with E-state index in [1.807, 2.05) is 6.07 Å². The van der Waals surface area contributed by atoms with Crippen LogP contribution in [0.15, 0.2) is 33.3 Å². The second-order valence-corrected chi connectivity index (χ2v) is 6.10. The van der Waals surface area contributed by atoms with E-state index in [1.165, 1.54) is 25.1 Å². The van der Waals surface area contributed by atoms with Crippen molar-refractivity contribution in [3.63, 3.8) is 0 Å². The number of carbonyl (C=O) groups is 1. The summed E-state index contributed by atoms with van der Waals surface area (Å²) in [4.78, 5) is 15.5. The minimum absolute atomic E-state index is 0.0643. The molecule has 3 rings (SSSR count). The molecule has 1 aromatic carbocycles. The van der Waals surface area contributed by atoms with Crippen LogP contribution >= 0.6 is 12.0 Å². The van der Waals surface area contributed by atoms with Gasteiger partial charge in [-0.05, 0) is 25.1 Å². The lowest BCUT2D eigenvalue weighted by Gasteiger charge is -2.05. The summed E-state index contributed by atoms with van der Waals surface area (Å²) in [6.07, 6.45) is 0. The number of nitrogens with zero attached hydrogens (tertiary/aromatic N) is 6. The second-order valence-electron chi connectivity index (χ2n) is 5.33. The van der Waals surface area contributed by atoms with E-state index in [4.69, 9.17) is 10.5 Å². The van der Waals surface area contributed by atoms with Crippen molar-refractivity contribution < 1.29 is 34.7 Å². The van der Waals surface area contributed by atoms with Gasteiger partial charge in [0, 0.05) is 4.90 Å². The Morgan fingerprint density at radius 2 is 2.10 bits per heavy atom. The highest BCUT2D eigenvalue weighted by molar-refractivity contribution is 7.94. The van der Waals surface area contributed by atoms with Crippen LogP contribution in [0.3, 0.4) is 0 Å². The first-order valence-electron chi connectivity index (χ1n) is 7.52. The van der Waals surface area contributed by atoms with E-state index in [1.54, 1.807) is 0 Å². The summed E-state index contributed by atoms with van der Waals surface area (Å²) in [5.41, 5.74) is -0.600. The number of aromatic carboxylic acids is 1. The molecule has 0 saturated carbocycles. The minimum Gasteiger partial charge on any atom is -0.491 e. The molecule has 148 valence electrons. The first kappa shape index (κ1) is 20.0. The highest BCUT2D eigenvalue weighted by atomic mass is 32.2. The maximum Gasteiger partial charge on any atom is 0.338 e. The van der Waals surface area contributed by atoms with Gasteiger partial charge in [0.05, 0.1) is 23.3 Å². The number of benzene rings is 1. The van der Waals surface area contributed by atoms with Gasteiger partial charge in [0.2, 0.25) is 17.4 Å². The molecule has 2 aromatic heterocycles. The Balaban J connectivity index is 2.05. The summed E-state index contributed by atoms with van der Waals surface area (Å²) in [6, 6.07) is 5.73. The average Bonchev–Trinajstić information content (AvgIpc) is 3.01. The first-order valence-corrected chi connectivity index (χ1v) is 8.26. The molecule has 13 nitrogen and oxygen atoms in total. The predicted octanol–water partition coefficient (Wildman–Crippen LogP) is 2.86. The molecule has 0 aliphatic heterocycles. The third kappa shape index (κ3) is 3.79. The van der Waals surface area contributed by atoms with E-state index < -0.39 is 23.4 Å². The van der Waals surface area contributed by atoms with Crippen LogP contribution < -0.4 is 0 Å². The molecule has 0 fully saturated rings. The molecule has 0 bridgehead atoms. The zero-order valence-electron chi connectivity index (χ0n) is 14.3. The van der Waals surface area contributed by atoms with Gasteiger partial charge in [-0.1, -0.05) is 5.04 Å². The Morgan fingerprint density at radius 1 is 1.34 bits per heavy atom. The maximum atomic E-state index is 11.5. The fraction of sp³-hybridized carbons (Fsp3) is 0.0667. The highest BCUT2D eigenvalue weighted by Crippen LogP contribution is 2.37. The molecular formula is C15H10N6O7S.